The van der Waals surface area contributed by atoms with Crippen LogP contribution in [0.5, 0.6) is 0 Å². The van der Waals surface area contributed by atoms with Crippen molar-refractivity contribution in [3.8, 4) is 0 Å². The molecule has 0 aliphatic rings. The summed E-state index contributed by atoms with van der Waals surface area (Å²) < 4.78 is 31.7. The zero-order chi connectivity index (χ0) is 11.8. The molecule has 86 valence electrons. The first-order valence-corrected chi connectivity index (χ1v) is 7.16. The van der Waals surface area contributed by atoms with Crippen molar-refractivity contribution in [1.82, 2.24) is 0 Å². The van der Waals surface area contributed by atoms with E-state index in [-0.39, 0.29) is 12.3 Å². The molecule has 0 bridgehead atoms. The Labute approximate surface area is 89.7 Å². The fraction of sp³-hybridized carbons (Fsp3) is 0.857. The van der Waals surface area contributed by atoms with Gasteiger partial charge in [-0.3, -0.25) is 4.79 Å². The topological polar surface area (TPSA) is 89.9 Å². The van der Waals surface area contributed by atoms with Gasteiger partial charge in [0.25, 0.3) is 6.29 Å². The van der Waals surface area contributed by atoms with E-state index in [1.54, 1.807) is 13.8 Å². The first-order chi connectivity index (χ1) is 6.99. The quantitative estimate of drug-likeness (QED) is 0.529. The SMILES string of the molecule is CC[P+](=O)OC(CC(=O)O)O[P+](=O)CC. The molecule has 6 nitrogen and oxygen atoms in total. The van der Waals surface area contributed by atoms with E-state index in [1.807, 2.05) is 0 Å². The predicted octanol–water partition coefficient (Wildman–Crippen LogP) is 2.34. The second-order valence-corrected chi connectivity index (χ2v) is 5.55. The Hall–Kier alpha value is -0.410. The lowest BCUT2D eigenvalue weighted by Crippen LogP contribution is -2.16. The number of carboxylic acid groups (broad SMARTS) is 1. The third kappa shape index (κ3) is 7.51. The summed E-state index contributed by atoms with van der Waals surface area (Å²) in [5.74, 6) is -1.15. The second kappa shape index (κ2) is 7.83. The van der Waals surface area contributed by atoms with E-state index in [4.69, 9.17) is 14.2 Å². The van der Waals surface area contributed by atoms with Crippen LogP contribution in [0.2, 0.25) is 0 Å². The Bertz CT molecular complexity index is 236. The van der Waals surface area contributed by atoms with Crippen molar-refractivity contribution in [3.05, 3.63) is 0 Å². The molecule has 0 aliphatic heterocycles. The van der Waals surface area contributed by atoms with Crippen LogP contribution in [0.3, 0.4) is 0 Å². The Morgan fingerprint density at radius 1 is 1.20 bits per heavy atom. The molecule has 0 radical (unpaired) electrons. The van der Waals surface area contributed by atoms with Crippen molar-refractivity contribution in [2.45, 2.75) is 26.6 Å². The monoisotopic (exact) mass is 256 g/mol. The minimum atomic E-state index is -1.95. The van der Waals surface area contributed by atoms with Crippen LogP contribution in [-0.4, -0.2) is 29.7 Å². The highest BCUT2D eigenvalue weighted by molar-refractivity contribution is 7.39. The molecule has 0 aromatic rings. The Balaban J connectivity index is 4.23. The molecule has 0 rings (SSSR count). The number of carbonyl (C=O) groups is 1. The molecule has 0 aliphatic carbocycles. The van der Waals surface area contributed by atoms with Gasteiger partial charge in [0.1, 0.15) is 6.42 Å². The zero-order valence-electron chi connectivity index (χ0n) is 8.58. The fourth-order valence-electron chi connectivity index (χ4n) is 0.648. The van der Waals surface area contributed by atoms with Gasteiger partial charge in [0.15, 0.2) is 12.3 Å². The summed E-state index contributed by atoms with van der Waals surface area (Å²) in [4.78, 5) is 10.4. The van der Waals surface area contributed by atoms with Crippen LogP contribution in [0.4, 0.5) is 0 Å². The summed E-state index contributed by atoms with van der Waals surface area (Å²) in [6, 6.07) is 0. The molecule has 1 N–H and O–H groups in total. The van der Waals surface area contributed by atoms with Gasteiger partial charge in [0, 0.05) is 0 Å². The van der Waals surface area contributed by atoms with E-state index in [1.165, 1.54) is 0 Å². The van der Waals surface area contributed by atoms with Gasteiger partial charge in [-0.2, -0.15) is 0 Å². The van der Waals surface area contributed by atoms with Gasteiger partial charge >= 0.3 is 22.0 Å². The van der Waals surface area contributed by atoms with Crippen LogP contribution in [0, 0.1) is 0 Å². The Morgan fingerprint density at radius 3 is 1.87 bits per heavy atom. The van der Waals surface area contributed by atoms with E-state index >= 15 is 0 Å². The molecule has 0 saturated carbocycles. The van der Waals surface area contributed by atoms with Gasteiger partial charge in [-0.15, -0.1) is 9.05 Å². The van der Waals surface area contributed by atoms with Gasteiger partial charge in [-0.25, -0.2) is 0 Å². The molecule has 2 unspecified atom stereocenters. The molecule has 15 heavy (non-hydrogen) atoms. The molecular formula is C7H14O6P2+2. The molecule has 0 fully saturated rings. The summed E-state index contributed by atoms with van der Waals surface area (Å²) in [7, 11) is -3.90. The number of carboxylic acids is 1. The van der Waals surface area contributed by atoms with Crippen molar-refractivity contribution in [2.24, 2.45) is 0 Å². The first kappa shape index (κ1) is 14.6. The van der Waals surface area contributed by atoms with Crippen LogP contribution in [0.25, 0.3) is 0 Å². The Kier molecular flexibility index (Phi) is 7.61. The van der Waals surface area contributed by atoms with Crippen LogP contribution < -0.4 is 0 Å². The molecule has 0 amide bonds. The third-order valence-corrected chi connectivity index (χ3v) is 3.30. The van der Waals surface area contributed by atoms with E-state index in [9.17, 15) is 13.9 Å². The lowest BCUT2D eigenvalue weighted by Gasteiger charge is -2.00. The number of hydrogen-bond acceptors (Lipinski definition) is 5. The molecule has 8 heteroatoms. The third-order valence-electron chi connectivity index (χ3n) is 1.33. The maximum atomic E-state index is 11.0. The standard InChI is InChI=1S/C7H13O6P2/c1-3-14(10)12-7(5-6(8)9)13-15(11)4-2/h7H,3-5H2,1-2H3/q+1/p+1. The van der Waals surface area contributed by atoms with E-state index < -0.39 is 34.7 Å². The molecule has 0 heterocycles. The normalized spacial score (nSPS) is 14.5. The van der Waals surface area contributed by atoms with Crippen molar-refractivity contribution >= 4 is 22.0 Å². The first-order valence-electron chi connectivity index (χ1n) is 4.44. The maximum absolute atomic E-state index is 11.0. The van der Waals surface area contributed by atoms with Crippen LogP contribution in [0.15, 0.2) is 0 Å². The predicted molar refractivity (Wildman–Crippen MR) is 54.5 cm³/mol. The zero-order valence-corrected chi connectivity index (χ0v) is 10.4. The second-order valence-electron chi connectivity index (χ2n) is 2.54. The molecule has 2 atom stereocenters. The van der Waals surface area contributed by atoms with Crippen molar-refractivity contribution in [3.63, 3.8) is 0 Å². The highest BCUT2D eigenvalue weighted by Gasteiger charge is 2.33. The summed E-state index contributed by atoms with van der Waals surface area (Å²) in [5.41, 5.74) is 0. The molecular weight excluding hydrogens is 242 g/mol. The Morgan fingerprint density at radius 2 is 1.60 bits per heavy atom. The minimum Gasteiger partial charge on any atom is -0.481 e. The smallest absolute Gasteiger partial charge is 0.481 e. The van der Waals surface area contributed by atoms with Crippen molar-refractivity contribution in [1.29, 1.82) is 0 Å². The van der Waals surface area contributed by atoms with E-state index in [0.29, 0.717) is 0 Å². The molecule has 0 spiro atoms. The largest absolute Gasteiger partial charge is 0.510 e. The average Bonchev–Trinajstić information content (AvgIpc) is 2.16. The number of hydrogen-bond donors (Lipinski definition) is 1. The summed E-state index contributed by atoms with van der Waals surface area (Å²) in [6.07, 6.45) is -1.15. The summed E-state index contributed by atoms with van der Waals surface area (Å²) in [6.45, 7) is 3.27. The van der Waals surface area contributed by atoms with Crippen LogP contribution >= 0.6 is 16.1 Å². The summed E-state index contributed by atoms with van der Waals surface area (Å²) >= 11 is 0. The van der Waals surface area contributed by atoms with Gasteiger partial charge in [-0.1, -0.05) is 0 Å². The molecule has 0 aromatic heterocycles. The lowest BCUT2D eigenvalue weighted by atomic mass is 10.4. The minimum absolute atomic E-state index is 0.262. The lowest BCUT2D eigenvalue weighted by molar-refractivity contribution is -0.142. The fourth-order valence-corrected chi connectivity index (χ4v) is 1.77. The van der Waals surface area contributed by atoms with Crippen molar-refractivity contribution < 1.29 is 28.1 Å². The average molecular weight is 256 g/mol. The number of aliphatic carboxylic acids is 1. The van der Waals surface area contributed by atoms with E-state index in [2.05, 4.69) is 0 Å². The maximum Gasteiger partial charge on any atom is 0.510 e. The van der Waals surface area contributed by atoms with Gasteiger partial charge in [-0.05, 0) is 23.0 Å². The van der Waals surface area contributed by atoms with Crippen molar-refractivity contribution in [2.75, 3.05) is 12.3 Å². The van der Waals surface area contributed by atoms with Gasteiger partial charge in [0.05, 0.1) is 0 Å². The highest BCUT2D eigenvalue weighted by Crippen LogP contribution is 2.32. The van der Waals surface area contributed by atoms with Crippen LogP contribution in [-0.2, 0) is 23.0 Å². The number of rotatable bonds is 8. The van der Waals surface area contributed by atoms with Gasteiger partial charge in [0.2, 0.25) is 0 Å². The van der Waals surface area contributed by atoms with Crippen LogP contribution in [0.1, 0.15) is 20.3 Å². The van der Waals surface area contributed by atoms with E-state index in [0.717, 1.165) is 0 Å². The van der Waals surface area contributed by atoms with Gasteiger partial charge < -0.3 is 5.11 Å². The molecule has 0 saturated heterocycles. The molecule has 0 aromatic carbocycles. The highest BCUT2D eigenvalue weighted by atomic mass is 31.1. The summed E-state index contributed by atoms with van der Waals surface area (Å²) in [5, 5.41) is 8.51.